The van der Waals surface area contributed by atoms with Gasteiger partial charge < -0.3 is 5.11 Å². The van der Waals surface area contributed by atoms with Crippen LogP contribution in [0.1, 0.15) is 18.4 Å². The Hall–Kier alpha value is -1.50. The quantitative estimate of drug-likeness (QED) is 0.907. The predicted octanol–water partition coefficient (Wildman–Crippen LogP) is 1.48. The number of carboxylic acid groups (broad SMARTS) is 1. The van der Waals surface area contributed by atoms with Crippen molar-refractivity contribution in [3.63, 3.8) is 0 Å². The van der Waals surface area contributed by atoms with E-state index in [2.05, 4.69) is 0 Å². The summed E-state index contributed by atoms with van der Waals surface area (Å²) in [6.45, 7) is 0. The summed E-state index contributed by atoms with van der Waals surface area (Å²) in [7, 11) is -4.02. The second-order valence-corrected chi connectivity index (χ2v) is 6.38. The fourth-order valence-corrected chi connectivity index (χ4v) is 2.77. The molecule has 0 amide bonds. The Morgan fingerprint density at radius 1 is 1.28 bits per heavy atom. The fraction of sp³-hybridized carbons (Fsp3) is 0.364. The van der Waals surface area contributed by atoms with Crippen LogP contribution in [0.2, 0.25) is 0 Å². The van der Waals surface area contributed by atoms with Crippen molar-refractivity contribution < 1.29 is 27.1 Å². The van der Waals surface area contributed by atoms with Crippen LogP contribution in [0, 0.1) is 11.6 Å². The second-order valence-electron chi connectivity index (χ2n) is 4.43. The predicted molar refractivity (Wildman–Crippen MR) is 58.0 cm³/mol. The number of halogens is 2. The average molecular weight is 276 g/mol. The Balaban J connectivity index is 2.61. The first kappa shape index (κ1) is 12.9. The molecule has 18 heavy (non-hydrogen) atoms. The second kappa shape index (κ2) is 3.74. The van der Waals surface area contributed by atoms with Gasteiger partial charge in [0, 0.05) is 6.26 Å². The van der Waals surface area contributed by atoms with Crippen molar-refractivity contribution in [1.82, 2.24) is 0 Å². The maximum Gasteiger partial charge on any atom is 0.314 e. The molecule has 0 aromatic heterocycles. The number of benzene rings is 1. The summed E-state index contributed by atoms with van der Waals surface area (Å²) in [5, 5.41) is 9.00. The summed E-state index contributed by atoms with van der Waals surface area (Å²) in [5.74, 6) is -3.66. The smallest absolute Gasteiger partial charge is 0.314 e. The van der Waals surface area contributed by atoms with Crippen molar-refractivity contribution in [1.29, 1.82) is 0 Å². The maximum atomic E-state index is 13.6. The van der Waals surface area contributed by atoms with Gasteiger partial charge in [0.15, 0.2) is 9.84 Å². The van der Waals surface area contributed by atoms with Crippen LogP contribution in [-0.4, -0.2) is 25.7 Å². The van der Waals surface area contributed by atoms with E-state index in [9.17, 15) is 22.0 Å². The largest absolute Gasteiger partial charge is 0.481 e. The first-order chi connectivity index (χ1) is 8.18. The summed E-state index contributed by atoms with van der Waals surface area (Å²) < 4.78 is 49.6. The van der Waals surface area contributed by atoms with Crippen molar-refractivity contribution in [2.45, 2.75) is 23.2 Å². The van der Waals surface area contributed by atoms with E-state index >= 15 is 0 Å². The van der Waals surface area contributed by atoms with Crippen LogP contribution in [0.25, 0.3) is 0 Å². The Morgan fingerprint density at radius 2 is 1.72 bits per heavy atom. The minimum atomic E-state index is -4.02. The van der Waals surface area contributed by atoms with Crippen molar-refractivity contribution in [2.24, 2.45) is 0 Å². The van der Waals surface area contributed by atoms with Gasteiger partial charge in [-0.05, 0) is 30.5 Å². The Bertz CT molecular complexity index is 609. The zero-order chi connectivity index (χ0) is 13.7. The highest BCUT2D eigenvalue weighted by Crippen LogP contribution is 2.49. The van der Waals surface area contributed by atoms with Crippen LogP contribution in [0.4, 0.5) is 8.78 Å². The zero-order valence-corrected chi connectivity index (χ0v) is 10.2. The Morgan fingerprint density at radius 3 is 2.00 bits per heavy atom. The lowest BCUT2D eigenvalue weighted by molar-refractivity contribution is -0.140. The van der Waals surface area contributed by atoms with Crippen molar-refractivity contribution >= 4 is 15.8 Å². The van der Waals surface area contributed by atoms with Crippen LogP contribution in [0.15, 0.2) is 17.0 Å². The van der Waals surface area contributed by atoms with Gasteiger partial charge in [-0.15, -0.1) is 0 Å². The van der Waals surface area contributed by atoms with Gasteiger partial charge in [0.25, 0.3) is 0 Å². The highest BCUT2D eigenvalue weighted by atomic mass is 32.2. The number of hydrogen-bond donors (Lipinski definition) is 1. The number of rotatable bonds is 3. The fourth-order valence-electron chi connectivity index (χ4n) is 1.94. The van der Waals surface area contributed by atoms with E-state index in [4.69, 9.17) is 5.11 Å². The summed E-state index contributed by atoms with van der Waals surface area (Å²) in [4.78, 5) is 10.0. The molecule has 1 aromatic rings. The van der Waals surface area contributed by atoms with E-state index in [1.807, 2.05) is 0 Å². The molecule has 0 aliphatic heterocycles. The number of sulfone groups is 1. The third kappa shape index (κ3) is 1.88. The Labute approximate surface area is 102 Å². The van der Waals surface area contributed by atoms with Crippen molar-refractivity contribution in [3.05, 3.63) is 29.3 Å². The van der Waals surface area contributed by atoms with E-state index < -0.39 is 37.8 Å². The standard InChI is InChI=1S/C11H10F2O4S/c1-18(16,17)9-7(12)4-6(5-8(9)13)11(2-3-11)10(14)15/h4-5H,2-3H2,1H3,(H,14,15). The number of aliphatic carboxylic acids is 1. The third-order valence-electron chi connectivity index (χ3n) is 3.08. The molecular formula is C11H10F2O4S. The van der Waals surface area contributed by atoms with Gasteiger partial charge in [0.2, 0.25) is 0 Å². The SMILES string of the molecule is CS(=O)(=O)c1c(F)cc(C2(C(=O)O)CC2)cc1F. The highest BCUT2D eigenvalue weighted by molar-refractivity contribution is 7.90. The molecule has 98 valence electrons. The number of carboxylic acids is 1. The molecule has 0 saturated heterocycles. The monoisotopic (exact) mass is 276 g/mol. The van der Waals surface area contributed by atoms with E-state index in [0.29, 0.717) is 19.1 Å². The molecule has 1 aliphatic rings. The topological polar surface area (TPSA) is 71.4 Å². The van der Waals surface area contributed by atoms with Gasteiger partial charge >= 0.3 is 5.97 Å². The molecule has 4 nitrogen and oxygen atoms in total. The van der Waals surface area contributed by atoms with Gasteiger partial charge in [0.05, 0.1) is 5.41 Å². The minimum absolute atomic E-state index is 0.0302. The molecule has 0 bridgehead atoms. The van der Waals surface area contributed by atoms with Crippen LogP contribution >= 0.6 is 0 Å². The Kier molecular flexibility index (Phi) is 2.69. The van der Waals surface area contributed by atoms with Crippen molar-refractivity contribution in [2.75, 3.05) is 6.26 Å². The normalized spacial score (nSPS) is 17.5. The molecular weight excluding hydrogens is 266 g/mol. The molecule has 0 unspecified atom stereocenters. The van der Waals surface area contributed by atoms with E-state index in [1.165, 1.54) is 0 Å². The highest BCUT2D eigenvalue weighted by Gasteiger charge is 2.52. The molecule has 0 heterocycles. The third-order valence-corrected chi connectivity index (χ3v) is 4.21. The molecule has 0 spiro atoms. The van der Waals surface area contributed by atoms with Gasteiger partial charge in [0.1, 0.15) is 16.5 Å². The van der Waals surface area contributed by atoms with Crippen LogP contribution < -0.4 is 0 Å². The lowest BCUT2D eigenvalue weighted by Crippen LogP contribution is -2.20. The number of hydrogen-bond acceptors (Lipinski definition) is 3. The van der Waals surface area contributed by atoms with Crippen molar-refractivity contribution in [3.8, 4) is 0 Å². The number of carbonyl (C=O) groups is 1. The molecule has 1 N–H and O–H groups in total. The summed E-state index contributed by atoms with van der Waals surface area (Å²) in [6, 6.07) is 1.58. The molecule has 2 rings (SSSR count). The van der Waals surface area contributed by atoms with E-state index in [0.717, 1.165) is 12.1 Å². The van der Waals surface area contributed by atoms with Gasteiger partial charge in [-0.3, -0.25) is 4.79 Å². The zero-order valence-electron chi connectivity index (χ0n) is 9.41. The van der Waals surface area contributed by atoms with Gasteiger partial charge in [-0.2, -0.15) is 0 Å². The molecule has 7 heteroatoms. The molecule has 0 radical (unpaired) electrons. The van der Waals surface area contributed by atoms with Gasteiger partial charge in [-0.25, -0.2) is 17.2 Å². The minimum Gasteiger partial charge on any atom is -0.481 e. The lowest BCUT2D eigenvalue weighted by Gasteiger charge is -2.12. The van der Waals surface area contributed by atoms with Gasteiger partial charge in [-0.1, -0.05) is 0 Å². The molecule has 1 aromatic carbocycles. The van der Waals surface area contributed by atoms with Crippen LogP contribution in [-0.2, 0) is 20.0 Å². The molecule has 1 saturated carbocycles. The van der Waals surface area contributed by atoms with Crippen LogP contribution in [0.3, 0.4) is 0 Å². The maximum absolute atomic E-state index is 13.6. The van der Waals surface area contributed by atoms with Crippen LogP contribution in [0.5, 0.6) is 0 Å². The summed E-state index contributed by atoms with van der Waals surface area (Å²) in [6.07, 6.45) is 1.27. The first-order valence-corrected chi connectivity index (χ1v) is 7.00. The molecule has 1 fully saturated rings. The summed E-state index contributed by atoms with van der Waals surface area (Å²) in [5.41, 5.74) is -1.30. The van der Waals surface area contributed by atoms with E-state index in [1.54, 1.807) is 0 Å². The molecule has 1 aliphatic carbocycles. The average Bonchev–Trinajstić information content (AvgIpc) is 2.93. The summed E-state index contributed by atoms with van der Waals surface area (Å²) >= 11 is 0. The lowest BCUT2D eigenvalue weighted by atomic mass is 9.96. The first-order valence-electron chi connectivity index (χ1n) is 5.11. The van der Waals surface area contributed by atoms with E-state index in [-0.39, 0.29) is 5.56 Å². The molecule has 0 atom stereocenters.